The number of aromatic nitrogens is 1. The second kappa shape index (κ2) is 7.19. The van der Waals surface area contributed by atoms with Gasteiger partial charge in [-0.3, -0.25) is 9.59 Å². The van der Waals surface area contributed by atoms with E-state index in [9.17, 15) is 9.59 Å². The predicted octanol–water partition coefficient (Wildman–Crippen LogP) is 1.94. The lowest BCUT2D eigenvalue weighted by Gasteiger charge is -2.47. The molecule has 24 heavy (non-hydrogen) atoms. The molecule has 2 saturated heterocycles. The number of ether oxygens (including phenoxy) is 1. The zero-order chi connectivity index (χ0) is 17.2. The first-order valence-electron chi connectivity index (χ1n) is 8.51. The minimum absolute atomic E-state index is 0.0392. The van der Waals surface area contributed by atoms with Gasteiger partial charge in [-0.1, -0.05) is 0 Å². The van der Waals surface area contributed by atoms with Crippen molar-refractivity contribution in [3.05, 3.63) is 16.1 Å². The largest absolute Gasteiger partial charge is 0.383 e. The lowest BCUT2D eigenvalue weighted by atomic mass is 9.72. The predicted molar refractivity (Wildman–Crippen MR) is 92.1 cm³/mol. The lowest BCUT2D eigenvalue weighted by Crippen LogP contribution is -2.52. The molecule has 1 spiro atoms. The molecule has 1 aromatic rings. The van der Waals surface area contributed by atoms with Gasteiger partial charge in [-0.2, -0.15) is 0 Å². The van der Waals surface area contributed by atoms with Crippen LogP contribution in [0.5, 0.6) is 0 Å². The maximum atomic E-state index is 12.5. The van der Waals surface area contributed by atoms with Crippen molar-refractivity contribution in [3.8, 4) is 0 Å². The first-order chi connectivity index (χ1) is 11.5. The quantitative estimate of drug-likeness (QED) is 0.832. The number of amides is 2. The first-order valence-corrected chi connectivity index (χ1v) is 9.39. The Balaban J connectivity index is 1.59. The van der Waals surface area contributed by atoms with E-state index < -0.39 is 0 Å². The summed E-state index contributed by atoms with van der Waals surface area (Å²) in [6, 6.07) is 0. The highest BCUT2D eigenvalue weighted by atomic mass is 32.1. The Labute approximate surface area is 146 Å². The van der Waals surface area contributed by atoms with Crippen molar-refractivity contribution in [1.82, 2.24) is 14.8 Å². The average Bonchev–Trinajstić information content (AvgIpc) is 3.02. The van der Waals surface area contributed by atoms with Gasteiger partial charge in [0.05, 0.1) is 11.6 Å². The molecule has 0 aliphatic carbocycles. The van der Waals surface area contributed by atoms with Crippen LogP contribution < -0.4 is 0 Å². The van der Waals surface area contributed by atoms with Gasteiger partial charge in [-0.05, 0) is 31.6 Å². The first kappa shape index (κ1) is 17.4. The molecule has 1 aromatic heterocycles. The molecule has 3 heterocycles. The number of hydrogen-bond donors (Lipinski definition) is 0. The number of hydrogen-bond acceptors (Lipinski definition) is 5. The zero-order valence-corrected chi connectivity index (χ0v) is 15.2. The highest BCUT2D eigenvalue weighted by Gasteiger charge is 2.41. The molecule has 0 N–H and O–H groups in total. The fourth-order valence-corrected chi connectivity index (χ4v) is 4.31. The molecule has 2 amide bonds. The molecule has 7 heteroatoms. The molecule has 0 unspecified atom stereocenters. The molecule has 3 rings (SSSR count). The number of carbonyl (C=O) groups is 2. The SMILES string of the molecule is COCCN1CC2(CCC1=O)CCN(C(=O)c1csc(C)n1)CC2. The van der Waals surface area contributed by atoms with Gasteiger partial charge >= 0.3 is 0 Å². The van der Waals surface area contributed by atoms with Crippen LogP contribution in [0.1, 0.15) is 41.2 Å². The normalized spacial score (nSPS) is 20.7. The Bertz CT molecular complexity index is 608. The summed E-state index contributed by atoms with van der Waals surface area (Å²) < 4.78 is 5.12. The molecule has 2 fully saturated rings. The Hall–Kier alpha value is -1.47. The van der Waals surface area contributed by atoms with E-state index in [4.69, 9.17) is 4.74 Å². The topological polar surface area (TPSA) is 62.7 Å². The van der Waals surface area contributed by atoms with Crippen LogP contribution in [-0.4, -0.2) is 66.5 Å². The number of thiazole rings is 1. The summed E-state index contributed by atoms with van der Waals surface area (Å²) in [5.74, 6) is 0.270. The standard InChI is InChI=1S/C17H25N3O3S/c1-13-18-14(11-24-13)16(22)19-7-5-17(6-8-19)4-3-15(21)20(12-17)9-10-23-2/h11H,3-10,12H2,1-2H3. The molecule has 0 radical (unpaired) electrons. The van der Waals surface area contributed by atoms with Crippen molar-refractivity contribution < 1.29 is 14.3 Å². The van der Waals surface area contributed by atoms with E-state index in [1.54, 1.807) is 7.11 Å². The van der Waals surface area contributed by atoms with Crippen LogP contribution in [0.2, 0.25) is 0 Å². The van der Waals surface area contributed by atoms with Crippen molar-refractivity contribution in [3.63, 3.8) is 0 Å². The van der Waals surface area contributed by atoms with Gasteiger partial charge in [0.15, 0.2) is 0 Å². The van der Waals surface area contributed by atoms with E-state index in [1.165, 1.54) is 11.3 Å². The van der Waals surface area contributed by atoms with Crippen LogP contribution in [-0.2, 0) is 9.53 Å². The molecule has 2 aliphatic rings. The second-order valence-electron chi connectivity index (χ2n) is 6.85. The molecule has 0 atom stereocenters. The third-order valence-corrected chi connectivity index (χ3v) is 6.04. The third kappa shape index (κ3) is 3.62. The Kier molecular flexibility index (Phi) is 5.20. The molecule has 0 aromatic carbocycles. The number of rotatable bonds is 4. The van der Waals surface area contributed by atoms with E-state index in [0.29, 0.717) is 25.3 Å². The lowest BCUT2D eigenvalue weighted by molar-refractivity contribution is -0.139. The monoisotopic (exact) mass is 351 g/mol. The smallest absolute Gasteiger partial charge is 0.273 e. The molecule has 0 saturated carbocycles. The summed E-state index contributed by atoms with van der Waals surface area (Å²) in [7, 11) is 1.66. The molecule has 0 bridgehead atoms. The van der Waals surface area contributed by atoms with Crippen LogP contribution >= 0.6 is 11.3 Å². The Morgan fingerprint density at radius 2 is 2.12 bits per heavy atom. The number of nitrogens with zero attached hydrogens (tertiary/aromatic N) is 3. The van der Waals surface area contributed by atoms with Crippen LogP contribution in [0.25, 0.3) is 0 Å². The van der Waals surface area contributed by atoms with Gasteiger partial charge in [0, 0.05) is 45.1 Å². The zero-order valence-electron chi connectivity index (χ0n) is 14.4. The van der Waals surface area contributed by atoms with Crippen molar-refractivity contribution in [1.29, 1.82) is 0 Å². The van der Waals surface area contributed by atoms with Crippen molar-refractivity contribution in [2.75, 3.05) is 39.9 Å². The van der Waals surface area contributed by atoms with Gasteiger partial charge in [-0.15, -0.1) is 11.3 Å². The van der Waals surface area contributed by atoms with Gasteiger partial charge in [0.2, 0.25) is 5.91 Å². The van der Waals surface area contributed by atoms with Gasteiger partial charge in [0.1, 0.15) is 5.69 Å². The average molecular weight is 351 g/mol. The van der Waals surface area contributed by atoms with Crippen molar-refractivity contribution in [2.24, 2.45) is 5.41 Å². The Morgan fingerprint density at radius 3 is 2.75 bits per heavy atom. The number of likely N-dealkylation sites (tertiary alicyclic amines) is 2. The summed E-state index contributed by atoms with van der Waals surface area (Å²) in [6.45, 7) is 5.46. The van der Waals surface area contributed by atoms with Crippen LogP contribution in [0, 0.1) is 12.3 Å². The molecule has 2 aliphatic heterocycles. The van der Waals surface area contributed by atoms with E-state index in [-0.39, 0.29) is 17.2 Å². The minimum Gasteiger partial charge on any atom is -0.383 e. The summed E-state index contributed by atoms with van der Waals surface area (Å²) in [4.78, 5) is 32.8. The number of piperidine rings is 2. The maximum absolute atomic E-state index is 12.5. The van der Waals surface area contributed by atoms with E-state index in [2.05, 4.69) is 4.98 Å². The molecular formula is C17H25N3O3S. The highest BCUT2D eigenvalue weighted by Crippen LogP contribution is 2.40. The summed E-state index contributed by atoms with van der Waals surface area (Å²) in [5.41, 5.74) is 0.727. The van der Waals surface area contributed by atoms with Crippen LogP contribution in [0.15, 0.2) is 5.38 Å². The second-order valence-corrected chi connectivity index (χ2v) is 7.91. The summed E-state index contributed by atoms with van der Waals surface area (Å²) >= 11 is 1.51. The fourth-order valence-electron chi connectivity index (χ4n) is 3.72. The number of methoxy groups -OCH3 is 1. The van der Waals surface area contributed by atoms with Crippen LogP contribution in [0.3, 0.4) is 0 Å². The summed E-state index contributed by atoms with van der Waals surface area (Å²) in [5, 5.41) is 2.76. The Morgan fingerprint density at radius 1 is 1.38 bits per heavy atom. The van der Waals surface area contributed by atoms with Crippen LogP contribution in [0.4, 0.5) is 0 Å². The molecule has 132 valence electrons. The molecular weight excluding hydrogens is 326 g/mol. The van der Waals surface area contributed by atoms with E-state index in [1.807, 2.05) is 22.1 Å². The highest BCUT2D eigenvalue weighted by molar-refractivity contribution is 7.09. The van der Waals surface area contributed by atoms with Gasteiger partial charge < -0.3 is 14.5 Å². The van der Waals surface area contributed by atoms with E-state index >= 15 is 0 Å². The summed E-state index contributed by atoms with van der Waals surface area (Å²) in [6.07, 6.45) is 3.47. The number of carbonyl (C=O) groups excluding carboxylic acids is 2. The van der Waals surface area contributed by atoms with Crippen molar-refractivity contribution in [2.45, 2.75) is 32.6 Å². The maximum Gasteiger partial charge on any atom is 0.273 e. The third-order valence-electron chi connectivity index (χ3n) is 5.26. The number of aryl methyl sites for hydroxylation is 1. The van der Waals surface area contributed by atoms with Gasteiger partial charge in [0.25, 0.3) is 5.91 Å². The minimum atomic E-state index is 0.0392. The fraction of sp³-hybridized carbons (Fsp3) is 0.706. The van der Waals surface area contributed by atoms with Gasteiger partial charge in [-0.25, -0.2) is 4.98 Å². The van der Waals surface area contributed by atoms with Crippen molar-refractivity contribution >= 4 is 23.2 Å². The molecule has 6 nitrogen and oxygen atoms in total. The van der Waals surface area contributed by atoms with E-state index in [0.717, 1.165) is 43.9 Å².